The number of nitrogens with one attached hydrogen (secondary N) is 3. The second-order valence-electron chi connectivity index (χ2n) is 8.92. The van der Waals surface area contributed by atoms with Gasteiger partial charge in [0.2, 0.25) is 0 Å². The number of imide groups is 1. The minimum Gasteiger partial charge on any atom is -0.367 e. The molecule has 2 aromatic heterocycles. The van der Waals surface area contributed by atoms with Crippen molar-refractivity contribution in [3.63, 3.8) is 0 Å². The van der Waals surface area contributed by atoms with Gasteiger partial charge in [0.25, 0.3) is 5.91 Å². The van der Waals surface area contributed by atoms with Crippen LogP contribution in [0, 0.1) is 5.82 Å². The molecule has 1 saturated heterocycles. The van der Waals surface area contributed by atoms with Gasteiger partial charge in [0, 0.05) is 40.9 Å². The number of fused-ring (bicyclic) bond motifs is 1. The largest absolute Gasteiger partial charge is 0.367 e. The predicted molar refractivity (Wildman–Crippen MR) is 139 cm³/mol. The second kappa shape index (κ2) is 8.90. The highest BCUT2D eigenvalue weighted by atomic mass is 35.5. The number of carbonyl (C=O) groups is 2. The van der Waals surface area contributed by atoms with E-state index in [2.05, 4.69) is 21.0 Å². The van der Waals surface area contributed by atoms with E-state index < -0.39 is 17.8 Å². The van der Waals surface area contributed by atoms with Crippen LogP contribution in [0.1, 0.15) is 18.4 Å². The summed E-state index contributed by atoms with van der Waals surface area (Å²) in [4.78, 5) is 30.2. The van der Waals surface area contributed by atoms with Crippen molar-refractivity contribution in [2.75, 3.05) is 17.3 Å². The van der Waals surface area contributed by atoms with Gasteiger partial charge in [-0.15, -0.1) is 0 Å². The average Bonchev–Trinajstić information content (AvgIpc) is 3.51. The van der Waals surface area contributed by atoms with Crippen molar-refractivity contribution in [2.24, 2.45) is 0 Å². The Bertz CT molecular complexity index is 1610. The minimum atomic E-state index is -0.588. The van der Waals surface area contributed by atoms with Crippen molar-refractivity contribution in [3.05, 3.63) is 76.8 Å². The topological polar surface area (TPSA) is 104 Å². The van der Waals surface area contributed by atoms with Crippen molar-refractivity contribution in [1.82, 2.24) is 25.2 Å². The van der Waals surface area contributed by atoms with E-state index in [0.29, 0.717) is 39.6 Å². The van der Waals surface area contributed by atoms with Gasteiger partial charge in [0.15, 0.2) is 5.65 Å². The number of hydrogen-bond donors (Lipinski definition) is 3. The van der Waals surface area contributed by atoms with Crippen LogP contribution >= 0.6 is 11.6 Å². The van der Waals surface area contributed by atoms with Crippen molar-refractivity contribution in [2.45, 2.75) is 18.9 Å². The molecule has 1 aliphatic carbocycles. The highest BCUT2D eigenvalue weighted by Gasteiger charge is 2.26. The van der Waals surface area contributed by atoms with Gasteiger partial charge in [-0.25, -0.2) is 14.2 Å². The molecule has 0 bridgehead atoms. The summed E-state index contributed by atoms with van der Waals surface area (Å²) in [7, 11) is 1.80. The second-order valence-corrected chi connectivity index (χ2v) is 9.33. The molecular weight excluding hydrogens is 497 g/mol. The molecule has 2 aliphatic rings. The lowest BCUT2D eigenvalue weighted by molar-refractivity contribution is -0.115. The lowest BCUT2D eigenvalue weighted by Gasteiger charge is -2.23. The van der Waals surface area contributed by atoms with E-state index >= 15 is 0 Å². The minimum absolute atomic E-state index is 0.100. The molecule has 1 saturated carbocycles. The van der Waals surface area contributed by atoms with Crippen LogP contribution in [0.4, 0.5) is 26.5 Å². The SMILES string of the molecule is CN(c1cc(NC2CC2)n2ncc(/C=C3\NC(=O)NC3=O)c2n1)c1cc(F)ccc1-c1ccccc1Cl. The molecule has 1 aliphatic heterocycles. The molecule has 3 heterocycles. The van der Waals surface area contributed by atoms with E-state index in [0.717, 1.165) is 24.0 Å². The molecule has 37 heavy (non-hydrogen) atoms. The van der Waals surface area contributed by atoms with Crippen molar-refractivity contribution < 1.29 is 14.0 Å². The maximum absolute atomic E-state index is 14.5. The smallest absolute Gasteiger partial charge is 0.326 e. The van der Waals surface area contributed by atoms with Crippen LogP contribution < -0.4 is 20.9 Å². The first kappa shape index (κ1) is 23.0. The third-order valence-corrected chi connectivity index (χ3v) is 6.59. The van der Waals surface area contributed by atoms with E-state index in [1.54, 1.807) is 34.8 Å². The van der Waals surface area contributed by atoms with Gasteiger partial charge in [0.1, 0.15) is 23.1 Å². The summed E-state index contributed by atoms with van der Waals surface area (Å²) in [6, 6.07) is 13.5. The zero-order valence-electron chi connectivity index (χ0n) is 19.6. The summed E-state index contributed by atoms with van der Waals surface area (Å²) in [6.45, 7) is 0. The standard InChI is InChI=1S/C26H21ClFN7O2/c1-34(21-11-15(28)6-9-18(21)17-4-2-3-5-19(17)27)22-12-23(30-16-7-8-16)35-24(32-22)14(13-29-35)10-20-25(36)33-26(37)31-20/h2-6,9-13,16,30H,7-8H2,1H3,(H2,31,33,36,37)/b20-10-. The Morgan fingerprint density at radius 3 is 2.68 bits per heavy atom. The fraction of sp³-hybridized carbons (Fsp3) is 0.154. The number of anilines is 3. The summed E-state index contributed by atoms with van der Waals surface area (Å²) >= 11 is 6.48. The molecule has 6 rings (SSSR count). The monoisotopic (exact) mass is 517 g/mol. The number of carbonyl (C=O) groups excluding carboxylic acids is 2. The van der Waals surface area contributed by atoms with Crippen LogP contribution in [0.5, 0.6) is 0 Å². The Hall–Kier alpha value is -4.44. The van der Waals surface area contributed by atoms with Gasteiger partial charge in [0.05, 0.1) is 11.9 Å². The molecule has 0 atom stereocenters. The van der Waals surface area contributed by atoms with Crippen LogP contribution in [0.15, 0.2) is 60.4 Å². The van der Waals surface area contributed by atoms with Gasteiger partial charge in [-0.2, -0.15) is 9.61 Å². The average molecular weight is 518 g/mol. The third kappa shape index (κ3) is 4.36. The summed E-state index contributed by atoms with van der Waals surface area (Å²) < 4.78 is 16.1. The Morgan fingerprint density at radius 1 is 1.14 bits per heavy atom. The van der Waals surface area contributed by atoms with Crippen LogP contribution in [0.2, 0.25) is 5.02 Å². The molecule has 2 aromatic carbocycles. The van der Waals surface area contributed by atoms with Crippen LogP contribution in [0.3, 0.4) is 0 Å². The molecule has 3 amide bonds. The molecule has 3 N–H and O–H groups in total. The van der Waals surface area contributed by atoms with E-state index in [1.165, 1.54) is 18.2 Å². The Labute approximate surface area is 215 Å². The number of nitrogens with zero attached hydrogens (tertiary/aromatic N) is 4. The number of aromatic nitrogens is 3. The van der Waals surface area contributed by atoms with Crippen LogP contribution in [0.25, 0.3) is 22.9 Å². The third-order valence-electron chi connectivity index (χ3n) is 6.26. The number of rotatable bonds is 6. The molecule has 0 unspecified atom stereocenters. The number of hydrogen-bond acceptors (Lipinski definition) is 6. The lowest BCUT2D eigenvalue weighted by atomic mass is 10.0. The first-order valence-electron chi connectivity index (χ1n) is 11.6. The first-order valence-corrected chi connectivity index (χ1v) is 12.0. The lowest BCUT2D eigenvalue weighted by Crippen LogP contribution is -2.22. The molecule has 0 spiro atoms. The maximum Gasteiger partial charge on any atom is 0.326 e. The summed E-state index contributed by atoms with van der Waals surface area (Å²) in [5, 5.41) is 13.1. The number of benzene rings is 2. The predicted octanol–water partition coefficient (Wildman–Crippen LogP) is 4.71. The summed E-state index contributed by atoms with van der Waals surface area (Å²) in [5.74, 6) is 0.301. The number of amides is 3. The quantitative estimate of drug-likeness (QED) is 0.253. The summed E-state index contributed by atoms with van der Waals surface area (Å²) in [5.41, 5.74) is 3.18. The van der Waals surface area contributed by atoms with Crippen LogP contribution in [-0.4, -0.2) is 39.6 Å². The van der Waals surface area contributed by atoms with Crippen molar-refractivity contribution in [1.29, 1.82) is 0 Å². The van der Waals surface area contributed by atoms with Gasteiger partial charge >= 0.3 is 6.03 Å². The Kier molecular flexibility index (Phi) is 5.53. The molecule has 0 radical (unpaired) electrons. The summed E-state index contributed by atoms with van der Waals surface area (Å²) in [6.07, 6.45) is 5.18. The highest BCUT2D eigenvalue weighted by Crippen LogP contribution is 2.38. The van der Waals surface area contributed by atoms with Crippen molar-refractivity contribution in [3.8, 4) is 11.1 Å². The number of urea groups is 1. The van der Waals surface area contributed by atoms with E-state index in [9.17, 15) is 14.0 Å². The Morgan fingerprint density at radius 2 is 1.95 bits per heavy atom. The zero-order valence-corrected chi connectivity index (χ0v) is 20.4. The van der Waals surface area contributed by atoms with Crippen LogP contribution in [-0.2, 0) is 4.79 Å². The van der Waals surface area contributed by atoms with Gasteiger partial charge in [-0.05, 0) is 43.2 Å². The Balaban J connectivity index is 1.49. The fourth-order valence-electron chi connectivity index (χ4n) is 4.23. The van der Waals surface area contributed by atoms with Gasteiger partial charge in [-0.1, -0.05) is 29.8 Å². The fourth-order valence-corrected chi connectivity index (χ4v) is 4.47. The van der Waals surface area contributed by atoms with E-state index in [1.807, 2.05) is 24.3 Å². The molecule has 11 heteroatoms. The molecule has 9 nitrogen and oxygen atoms in total. The van der Waals surface area contributed by atoms with Crippen molar-refractivity contribution >= 4 is 52.6 Å². The zero-order chi connectivity index (χ0) is 25.7. The maximum atomic E-state index is 14.5. The molecule has 186 valence electrons. The normalized spacial score (nSPS) is 16.2. The first-order chi connectivity index (χ1) is 17.9. The van der Waals surface area contributed by atoms with E-state index in [-0.39, 0.29) is 5.70 Å². The van der Waals surface area contributed by atoms with Gasteiger partial charge < -0.3 is 15.5 Å². The highest BCUT2D eigenvalue weighted by molar-refractivity contribution is 6.33. The molecular formula is C26H21ClFN7O2. The number of halogens is 2. The molecule has 4 aromatic rings. The van der Waals surface area contributed by atoms with E-state index in [4.69, 9.17) is 16.6 Å². The van der Waals surface area contributed by atoms with Gasteiger partial charge in [-0.3, -0.25) is 10.1 Å². The molecule has 2 fully saturated rings.